The molecule has 0 bridgehead atoms. The smallest absolute Gasteiger partial charge is 0.161 e. The minimum atomic E-state index is -0.904. The molecule has 0 spiro atoms. The molecule has 0 radical (unpaired) electrons. The Hall–Kier alpha value is -2.41. The van der Waals surface area contributed by atoms with Crippen molar-refractivity contribution < 1.29 is 8.78 Å². The van der Waals surface area contributed by atoms with Crippen LogP contribution in [0.1, 0.15) is 43.6 Å². The van der Waals surface area contributed by atoms with E-state index >= 15 is 0 Å². The summed E-state index contributed by atoms with van der Waals surface area (Å²) in [7, 11) is 2.20. The quantitative estimate of drug-likeness (QED) is 0.613. The van der Waals surface area contributed by atoms with Crippen LogP contribution in [0, 0.1) is 24.5 Å². The van der Waals surface area contributed by atoms with E-state index in [1.807, 2.05) is 6.92 Å². The van der Waals surface area contributed by atoms with Crippen molar-refractivity contribution in [2.75, 3.05) is 20.1 Å². The molecule has 1 fully saturated rings. The van der Waals surface area contributed by atoms with Crippen molar-refractivity contribution in [2.45, 2.75) is 45.4 Å². The van der Waals surface area contributed by atoms with Gasteiger partial charge < -0.3 is 9.88 Å². The van der Waals surface area contributed by atoms with E-state index in [4.69, 9.17) is 0 Å². The number of rotatable bonds is 6. The number of halogens is 2. The average Bonchev–Trinajstić information content (AvgIpc) is 3.09. The minimum Gasteiger partial charge on any atom is -0.338 e. The van der Waals surface area contributed by atoms with Crippen LogP contribution in [0.15, 0.2) is 18.3 Å². The van der Waals surface area contributed by atoms with E-state index in [2.05, 4.69) is 31.9 Å². The third kappa shape index (κ3) is 4.61. The minimum absolute atomic E-state index is 0.385. The normalized spacial score (nSPS) is 16.0. The van der Waals surface area contributed by atoms with E-state index in [-0.39, 0.29) is 0 Å². The zero-order valence-electron chi connectivity index (χ0n) is 17.0. The molecular weight excluding hydrogens is 372 g/mol. The molecule has 7 heteroatoms. The fourth-order valence-electron chi connectivity index (χ4n) is 4.07. The lowest BCUT2D eigenvalue weighted by atomic mass is 9.91. The first-order valence-corrected chi connectivity index (χ1v) is 10.4. The summed E-state index contributed by atoms with van der Waals surface area (Å²) in [6, 6.07) is 2.22. The molecule has 4 rings (SSSR count). The number of aromatic nitrogens is 4. The monoisotopic (exact) mass is 399 g/mol. The number of unbranched alkanes of at least 4 members (excludes halogenated alkanes) is 1. The summed E-state index contributed by atoms with van der Waals surface area (Å²) in [4.78, 5) is 18.9. The van der Waals surface area contributed by atoms with Crippen molar-refractivity contribution in [3.05, 3.63) is 41.5 Å². The molecule has 1 aliphatic heterocycles. The highest BCUT2D eigenvalue weighted by molar-refractivity contribution is 5.79. The predicted molar refractivity (Wildman–Crippen MR) is 110 cm³/mol. The molecule has 5 nitrogen and oxygen atoms in total. The van der Waals surface area contributed by atoms with Crippen LogP contribution in [-0.4, -0.2) is 45.0 Å². The summed E-state index contributed by atoms with van der Waals surface area (Å²) in [5, 5.41) is 0. The molecule has 0 amide bonds. The lowest BCUT2D eigenvalue weighted by Gasteiger charge is -2.28. The van der Waals surface area contributed by atoms with Crippen molar-refractivity contribution in [3.63, 3.8) is 0 Å². The maximum atomic E-state index is 13.4. The van der Waals surface area contributed by atoms with E-state index in [1.165, 1.54) is 38.8 Å². The summed E-state index contributed by atoms with van der Waals surface area (Å²) in [5.41, 5.74) is 2.40. The maximum absolute atomic E-state index is 13.4. The highest BCUT2D eigenvalue weighted by atomic mass is 19.2. The van der Waals surface area contributed by atoms with Crippen molar-refractivity contribution in [1.82, 2.24) is 24.8 Å². The Labute approximate surface area is 169 Å². The summed E-state index contributed by atoms with van der Waals surface area (Å²) in [6.45, 7) is 4.35. The van der Waals surface area contributed by atoms with Gasteiger partial charge in [0, 0.05) is 24.8 Å². The highest BCUT2D eigenvalue weighted by Crippen LogP contribution is 2.25. The number of hydrogen-bond donors (Lipinski definition) is 1. The number of aromatic amines is 1. The van der Waals surface area contributed by atoms with Crippen LogP contribution in [0.5, 0.6) is 0 Å². The molecule has 0 aliphatic carbocycles. The number of aryl methyl sites for hydroxylation is 2. The Bertz CT molecular complexity index is 953. The molecule has 3 aromatic rings. The number of hydrogen-bond acceptors (Lipinski definition) is 4. The average molecular weight is 399 g/mol. The van der Waals surface area contributed by atoms with Gasteiger partial charge in [-0.1, -0.05) is 12.8 Å². The molecule has 29 heavy (non-hydrogen) atoms. The second-order valence-corrected chi connectivity index (χ2v) is 8.15. The number of imidazole rings is 1. The topological polar surface area (TPSA) is 57.7 Å². The van der Waals surface area contributed by atoms with E-state index in [0.717, 1.165) is 48.0 Å². The first-order chi connectivity index (χ1) is 14.0. The van der Waals surface area contributed by atoms with E-state index in [9.17, 15) is 8.78 Å². The van der Waals surface area contributed by atoms with Crippen molar-refractivity contribution >= 4 is 11.0 Å². The van der Waals surface area contributed by atoms with Crippen LogP contribution in [0.3, 0.4) is 0 Å². The molecule has 0 saturated carbocycles. The lowest BCUT2D eigenvalue weighted by Crippen LogP contribution is -2.30. The van der Waals surface area contributed by atoms with Gasteiger partial charge in [0.15, 0.2) is 11.6 Å². The Morgan fingerprint density at radius 1 is 1.10 bits per heavy atom. The van der Waals surface area contributed by atoms with Crippen LogP contribution < -0.4 is 0 Å². The number of H-pyrrole nitrogens is 1. The van der Waals surface area contributed by atoms with Gasteiger partial charge in [-0.05, 0) is 52.2 Å². The van der Waals surface area contributed by atoms with Gasteiger partial charge in [-0.15, -0.1) is 0 Å². The molecule has 1 saturated heterocycles. The molecule has 154 valence electrons. The number of fused-ring (bicyclic) bond motifs is 1. The fraction of sp³-hybridized carbons (Fsp3) is 0.500. The van der Waals surface area contributed by atoms with Crippen LogP contribution in [0.4, 0.5) is 8.78 Å². The Morgan fingerprint density at radius 3 is 2.62 bits per heavy atom. The molecule has 0 unspecified atom stereocenters. The van der Waals surface area contributed by atoms with Gasteiger partial charge in [-0.2, -0.15) is 0 Å². The van der Waals surface area contributed by atoms with E-state index in [0.29, 0.717) is 16.9 Å². The summed E-state index contributed by atoms with van der Waals surface area (Å²) >= 11 is 0. The summed E-state index contributed by atoms with van der Waals surface area (Å²) in [5.74, 6) is 0.425. The molecule has 1 N–H and O–H groups in total. The van der Waals surface area contributed by atoms with Crippen molar-refractivity contribution in [3.8, 4) is 11.4 Å². The van der Waals surface area contributed by atoms with E-state index in [1.54, 1.807) is 6.20 Å². The number of nitrogens with one attached hydrogen (secondary N) is 1. The third-order valence-electron chi connectivity index (χ3n) is 5.91. The molecular formula is C22H27F2N5. The SMILES string of the molecule is Cc1nc(CCCCC2CCN(C)CC2)ncc1-c1nc2cc(F)c(F)cc2[nH]1. The van der Waals surface area contributed by atoms with Gasteiger partial charge in [-0.3, -0.25) is 0 Å². The fourth-order valence-corrected chi connectivity index (χ4v) is 4.07. The van der Waals surface area contributed by atoms with Gasteiger partial charge in [0.1, 0.15) is 11.6 Å². The van der Waals surface area contributed by atoms with E-state index < -0.39 is 11.6 Å². The Kier molecular flexibility index (Phi) is 5.85. The molecule has 0 atom stereocenters. The number of piperidine rings is 1. The van der Waals surface area contributed by atoms with Gasteiger partial charge in [0.05, 0.1) is 22.3 Å². The van der Waals surface area contributed by atoms with Gasteiger partial charge in [0.2, 0.25) is 0 Å². The zero-order valence-corrected chi connectivity index (χ0v) is 17.0. The third-order valence-corrected chi connectivity index (χ3v) is 5.91. The van der Waals surface area contributed by atoms with Gasteiger partial charge >= 0.3 is 0 Å². The number of likely N-dealkylation sites (tertiary alicyclic amines) is 1. The summed E-state index contributed by atoms with van der Waals surface area (Å²) in [6.07, 6.45) is 8.83. The largest absolute Gasteiger partial charge is 0.338 e. The zero-order chi connectivity index (χ0) is 20.4. The first-order valence-electron chi connectivity index (χ1n) is 10.4. The number of benzene rings is 1. The number of nitrogens with zero attached hydrogens (tertiary/aromatic N) is 4. The highest BCUT2D eigenvalue weighted by Gasteiger charge is 2.16. The van der Waals surface area contributed by atoms with Crippen molar-refractivity contribution in [2.24, 2.45) is 5.92 Å². The Morgan fingerprint density at radius 2 is 1.86 bits per heavy atom. The van der Waals surface area contributed by atoms with Crippen LogP contribution in [0.2, 0.25) is 0 Å². The molecule has 1 aromatic carbocycles. The maximum Gasteiger partial charge on any atom is 0.161 e. The molecule has 2 aromatic heterocycles. The summed E-state index contributed by atoms with van der Waals surface area (Å²) < 4.78 is 26.8. The predicted octanol–water partition coefficient (Wildman–Crippen LogP) is 4.66. The second kappa shape index (κ2) is 8.53. The Balaban J connectivity index is 1.36. The van der Waals surface area contributed by atoms with Gasteiger partial charge in [0.25, 0.3) is 0 Å². The molecule has 3 heterocycles. The molecule has 1 aliphatic rings. The van der Waals surface area contributed by atoms with Gasteiger partial charge in [-0.25, -0.2) is 23.7 Å². The first kappa shape index (κ1) is 19.9. The second-order valence-electron chi connectivity index (χ2n) is 8.15. The van der Waals surface area contributed by atoms with Crippen LogP contribution in [-0.2, 0) is 6.42 Å². The van der Waals surface area contributed by atoms with Crippen LogP contribution in [0.25, 0.3) is 22.4 Å². The van der Waals surface area contributed by atoms with Crippen LogP contribution >= 0.6 is 0 Å². The standard InChI is InChI=1S/C22H27F2N5/c1-14-16(22-27-19-11-17(23)18(24)12-20(19)28-22)13-25-21(26-14)6-4-3-5-15-7-9-29(2)10-8-15/h11-13,15H,3-10H2,1-2H3,(H,27,28). The lowest BCUT2D eigenvalue weighted by molar-refractivity contribution is 0.209. The van der Waals surface area contributed by atoms with Crippen molar-refractivity contribution in [1.29, 1.82) is 0 Å².